The number of hydrogen-bond acceptors (Lipinski definition) is 3. The van der Waals surface area contributed by atoms with Crippen LogP contribution in [0.15, 0.2) is 42.5 Å². The molecule has 4 nitrogen and oxygen atoms in total. The Balaban J connectivity index is 1.54. The maximum atomic E-state index is 13.3. The number of carbonyl (C=O) groups excluding carboxylic acids is 1. The van der Waals surface area contributed by atoms with E-state index in [4.69, 9.17) is 4.74 Å². The molecule has 0 bridgehead atoms. The molecule has 0 radical (unpaired) electrons. The van der Waals surface area contributed by atoms with Gasteiger partial charge in [0.05, 0.1) is 0 Å². The summed E-state index contributed by atoms with van der Waals surface area (Å²) in [5.74, 6) is 0.396. The molecule has 3 rings (SSSR count). The van der Waals surface area contributed by atoms with E-state index in [1.54, 1.807) is 6.07 Å². The van der Waals surface area contributed by atoms with Crippen molar-refractivity contribution in [2.24, 2.45) is 0 Å². The Morgan fingerprint density at radius 2 is 2.04 bits per heavy atom. The second kappa shape index (κ2) is 8.21. The van der Waals surface area contributed by atoms with Crippen molar-refractivity contribution in [2.45, 2.75) is 32.7 Å². The number of halogens is 1. The quantitative estimate of drug-likeness (QED) is 0.890. The summed E-state index contributed by atoms with van der Waals surface area (Å²) in [6.07, 6.45) is 1.92. The van der Waals surface area contributed by atoms with Crippen LogP contribution in [0.2, 0.25) is 0 Å². The maximum Gasteiger partial charge on any atom is 0.258 e. The van der Waals surface area contributed by atoms with Gasteiger partial charge < -0.3 is 15.0 Å². The zero-order valence-electron chi connectivity index (χ0n) is 15.3. The van der Waals surface area contributed by atoms with Gasteiger partial charge in [-0.05, 0) is 62.1 Å². The van der Waals surface area contributed by atoms with E-state index in [1.165, 1.54) is 6.07 Å². The average Bonchev–Trinajstić information content (AvgIpc) is 2.61. The average molecular weight is 356 g/mol. The molecule has 0 aromatic heterocycles. The lowest BCUT2D eigenvalue weighted by atomic mass is 10.0. The lowest BCUT2D eigenvalue weighted by molar-refractivity contribution is -0.123. The third-order valence-corrected chi connectivity index (χ3v) is 4.74. The first-order chi connectivity index (χ1) is 12.5. The van der Waals surface area contributed by atoms with Crippen LogP contribution < -0.4 is 15.0 Å². The Labute approximate surface area is 154 Å². The summed E-state index contributed by atoms with van der Waals surface area (Å²) in [5, 5.41) is 3.06. The highest BCUT2D eigenvalue weighted by atomic mass is 19.1. The van der Waals surface area contributed by atoms with Crippen LogP contribution in [-0.4, -0.2) is 31.6 Å². The second-order valence-electron chi connectivity index (χ2n) is 6.84. The number of hydrogen-bond donors (Lipinski definition) is 1. The Kier molecular flexibility index (Phi) is 5.76. The van der Waals surface area contributed by atoms with E-state index < -0.39 is 0 Å². The van der Waals surface area contributed by atoms with Crippen molar-refractivity contribution < 1.29 is 13.9 Å². The monoisotopic (exact) mass is 356 g/mol. The van der Waals surface area contributed by atoms with Crippen molar-refractivity contribution in [3.8, 4) is 5.75 Å². The molecule has 2 aromatic rings. The van der Waals surface area contributed by atoms with Crippen LogP contribution >= 0.6 is 0 Å². The van der Waals surface area contributed by atoms with Crippen LogP contribution in [0, 0.1) is 19.7 Å². The fourth-order valence-electron chi connectivity index (χ4n) is 3.42. The van der Waals surface area contributed by atoms with Gasteiger partial charge in [-0.1, -0.05) is 18.2 Å². The molecular weight excluding hydrogens is 331 g/mol. The van der Waals surface area contributed by atoms with Crippen molar-refractivity contribution in [1.82, 2.24) is 5.32 Å². The Morgan fingerprint density at radius 3 is 2.81 bits per heavy atom. The fourth-order valence-corrected chi connectivity index (χ4v) is 3.42. The molecule has 1 saturated heterocycles. The van der Waals surface area contributed by atoms with Gasteiger partial charge in [0.1, 0.15) is 11.6 Å². The van der Waals surface area contributed by atoms with Crippen molar-refractivity contribution >= 4 is 11.6 Å². The molecule has 1 aliphatic rings. The number of carbonyl (C=O) groups is 1. The Bertz CT molecular complexity index is 778. The van der Waals surface area contributed by atoms with Crippen LogP contribution in [0.1, 0.15) is 24.0 Å². The van der Waals surface area contributed by atoms with Crippen molar-refractivity contribution in [3.05, 3.63) is 59.4 Å². The van der Waals surface area contributed by atoms with Gasteiger partial charge in [0.15, 0.2) is 6.61 Å². The smallest absolute Gasteiger partial charge is 0.258 e. The van der Waals surface area contributed by atoms with Crippen molar-refractivity contribution in [2.75, 3.05) is 24.6 Å². The van der Waals surface area contributed by atoms with Crippen LogP contribution in [0.4, 0.5) is 10.1 Å². The SMILES string of the molecule is Cc1ccccc1OCC(=O)NC1CCCN(c2ccc(F)cc2C)C1. The number of para-hydroxylation sites is 1. The van der Waals surface area contributed by atoms with E-state index in [1.807, 2.05) is 44.2 Å². The predicted octanol–water partition coefficient (Wildman–Crippen LogP) is 3.61. The number of anilines is 1. The third-order valence-electron chi connectivity index (χ3n) is 4.74. The van der Waals surface area contributed by atoms with Gasteiger partial charge in [0.2, 0.25) is 0 Å². The summed E-state index contributed by atoms with van der Waals surface area (Å²) in [5.41, 5.74) is 2.96. The molecule has 1 N–H and O–H groups in total. The summed E-state index contributed by atoms with van der Waals surface area (Å²) in [7, 11) is 0. The molecule has 1 atom stereocenters. The molecule has 138 valence electrons. The molecule has 0 spiro atoms. The van der Waals surface area contributed by atoms with Crippen LogP contribution in [0.5, 0.6) is 5.75 Å². The van der Waals surface area contributed by atoms with Crippen LogP contribution in [0.3, 0.4) is 0 Å². The molecular formula is C21H25FN2O2. The van der Waals surface area contributed by atoms with Gasteiger partial charge in [-0.25, -0.2) is 4.39 Å². The summed E-state index contributed by atoms with van der Waals surface area (Å²) in [6, 6.07) is 12.6. The number of nitrogens with zero attached hydrogens (tertiary/aromatic N) is 1. The molecule has 2 aromatic carbocycles. The summed E-state index contributed by atoms with van der Waals surface area (Å²) >= 11 is 0. The van der Waals surface area contributed by atoms with Crippen LogP contribution in [-0.2, 0) is 4.79 Å². The number of benzene rings is 2. The Morgan fingerprint density at radius 1 is 1.23 bits per heavy atom. The Hall–Kier alpha value is -2.56. The first kappa shape index (κ1) is 18.2. The largest absolute Gasteiger partial charge is 0.484 e. The molecule has 5 heteroatoms. The van der Waals surface area contributed by atoms with E-state index in [0.717, 1.165) is 48.5 Å². The minimum Gasteiger partial charge on any atom is -0.484 e. The molecule has 1 aliphatic heterocycles. The standard InChI is InChI=1S/C21H25FN2O2/c1-15-6-3-4-8-20(15)26-14-21(25)23-18-7-5-11-24(13-18)19-10-9-17(22)12-16(19)2/h3-4,6,8-10,12,18H,5,7,11,13-14H2,1-2H3,(H,23,25). The molecule has 1 fully saturated rings. The minimum atomic E-state index is -0.221. The van der Waals surface area contributed by atoms with E-state index in [-0.39, 0.29) is 24.4 Å². The number of nitrogens with one attached hydrogen (secondary N) is 1. The number of ether oxygens (including phenoxy) is 1. The van der Waals surface area contributed by atoms with Crippen molar-refractivity contribution in [3.63, 3.8) is 0 Å². The molecule has 1 unspecified atom stereocenters. The fraction of sp³-hybridized carbons (Fsp3) is 0.381. The van der Waals surface area contributed by atoms with Gasteiger partial charge in [0.25, 0.3) is 5.91 Å². The lowest BCUT2D eigenvalue weighted by Crippen LogP contribution is -2.49. The first-order valence-corrected chi connectivity index (χ1v) is 9.02. The number of piperidine rings is 1. The van der Waals surface area contributed by atoms with Crippen LogP contribution in [0.25, 0.3) is 0 Å². The third kappa shape index (κ3) is 4.54. The van der Waals surface area contributed by atoms with Gasteiger partial charge in [0, 0.05) is 24.8 Å². The summed E-state index contributed by atoms with van der Waals surface area (Å²) in [6.45, 7) is 5.52. The number of aryl methyl sites for hydroxylation is 2. The van der Waals surface area contributed by atoms with Gasteiger partial charge in [-0.15, -0.1) is 0 Å². The topological polar surface area (TPSA) is 41.6 Å². The molecule has 0 saturated carbocycles. The molecule has 1 heterocycles. The highest BCUT2D eigenvalue weighted by Crippen LogP contribution is 2.24. The van der Waals surface area contributed by atoms with Gasteiger partial charge in [-0.2, -0.15) is 0 Å². The highest BCUT2D eigenvalue weighted by Gasteiger charge is 2.22. The maximum absolute atomic E-state index is 13.3. The van der Waals surface area contributed by atoms with Gasteiger partial charge in [-0.3, -0.25) is 4.79 Å². The predicted molar refractivity (Wildman–Crippen MR) is 101 cm³/mol. The van der Waals surface area contributed by atoms with E-state index >= 15 is 0 Å². The van der Waals surface area contributed by atoms with Gasteiger partial charge >= 0.3 is 0 Å². The zero-order valence-corrected chi connectivity index (χ0v) is 15.3. The van der Waals surface area contributed by atoms with E-state index in [0.29, 0.717) is 0 Å². The molecule has 26 heavy (non-hydrogen) atoms. The lowest BCUT2D eigenvalue weighted by Gasteiger charge is -2.35. The molecule has 0 aliphatic carbocycles. The van der Waals surface area contributed by atoms with E-state index in [9.17, 15) is 9.18 Å². The zero-order chi connectivity index (χ0) is 18.5. The highest BCUT2D eigenvalue weighted by molar-refractivity contribution is 5.78. The minimum absolute atomic E-state index is 0.0108. The second-order valence-corrected chi connectivity index (χ2v) is 6.84. The normalized spacial score (nSPS) is 17.0. The number of rotatable bonds is 5. The summed E-state index contributed by atoms with van der Waals surface area (Å²) in [4.78, 5) is 14.5. The van der Waals surface area contributed by atoms with E-state index in [2.05, 4.69) is 10.2 Å². The first-order valence-electron chi connectivity index (χ1n) is 9.02. The van der Waals surface area contributed by atoms with Crippen molar-refractivity contribution in [1.29, 1.82) is 0 Å². The molecule has 1 amide bonds. The summed E-state index contributed by atoms with van der Waals surface area (Å²) < 4.78 is 18.9. The number of amides is 1.